The molecule has 2 aliphatic rings. The number of hydrogen-bond acceptors (Lipinski definition) is 4. The molecule has 1 unspecified atom stereocenters. The standard InChI is InChI=1S/C21H29FN4O3/c1-3-25(15(2)16-7-9-17(22)10-8-16)14-11-18(27)24-26-19(28)21(23-20(26)29)12-5-4-6-13-21/h7-10,15H,3-6,11-14H2,1-2H3,(H,23,29)(H,24,27). The van der Waals surface area contributed by atoms with Gasteiger partial charge in [-0.2, -0.15) is 5.01 Å². The first-order valence-electron chi connectivity index (χ1n) is 10.3. The molecule has 0 bridgehead atoms. The van der Waals surface area contributed by atoms with E-state index in [1.165, 1.54) is 12.1 Å². The van der Waals surface area contributed by atoms with Gasteiger partial charge < -0.3 is 5.32 Å². The summed E-state index contributed by atoms with van der Waals surface area (Å²) in [5.74, 6) is -1.03. The minimum atomic E-state index is -0.852. The Morgan fingerprint density at radius 3 is 2.52 bits per heavy atom. The van der Waals surface area contributed by atoms with Crippen molar-refractivity contribution in [3.8, 4) is 0 Å². The second kappa shape index (κ2) is 8.90. The van der Waals surface area contributed by atoms with Gasteiger partial charge in [0.2, 0.25) is 5.91 Å². The van der Waals surface area contributed by atoms with E-state index in [-0.39, 0.29) is 30.1 Å². The van der Waals surface area contributed by atoms with Crippen molar-refractivity contribution in [2.75, 3.05) is 13.1 Å². The quantitative estimate of drug-likeness (QED) is 0.685. The zero-order valence-corrected chi connectivity index (χ0v) is 17.0. The molecule has 1 heterocycles. The molecule has 1 atom stereocenters. The van der Waals surface area contributed by atoms with Crippen molar-refractivity contribution >= 4 is 17.8 Å². The Kier molecular flexibility index (Phi) is 6.52. The normalized spacial score (nSPS) is 19.5. The van der Waals surface area contributed by atoms with E-state index in [2.05, 4.69) is 15.6 Å². The number of nitrogens with one attached hydrogen (secondary N) is 2. The van der Waals surface area contributed by atoms with Gasteiger partial charge in [0.15, 0.2) is 0 Å². The molecule has 158 valence electrons. The Hall–Kier alpha value is -2.48. The van der Waals surface area contributed by atoms with Crippen LogP contribution in [0.25, 0.3) is 0 Å². The van der Waals surface area contributed by atoms with Crippen molar-refractivity contribution in [3.63, 3.8) is 0 Å². The number of imide groups is 1. The molecule has 1 aliphatic heterocycles. The molecular weight excluding hydrogens is 375 g/mol. The Balaban J connectivity index is 1.55. The van der Waals surface area contributed by atoms with E-state index in [9.17, 15) is 18.8 Å². The number of carbonyl (C=O) groups is 3. The summed E-state index contributed by atoms with van der Waals surface area (Å²) in [7, 11) is 0. The number of hydrazine groups is 1. The van der Waals surface area contributed by atoms with Gasteiger partial charge in [0.25, 0.3) is 5.91 Å². The van der Waals surface area contributed by atoms with Gasteiger partial charge in [0.1, 0.15) is 11.4 Å². The van der Waals surface area contributed by atoms with Crippen LogP contribution in [0.2, 0.25) is 0 Å². The average molecular weight is 404 g/mol. The zero-order valence-electron chi connectivity index (χ0n) is 17.0. The largest absolute Gasteiger partial charge is 0.344 e. The summed E-state index contributed by atoms with van der Waals surface area (Å²) in [5.41, 5.74) is 2.58. The second-order valence-corrected chi connectivity index (χ2v) is 7.85. The van der Waals surface area contributed by atoms with Crippen LogP contribution in [0, 0.1) is 5.82 Å². The highest BCUT2D eigenvalue weighted by Crippen LogP contribution is 2.33. The summed E-state index contributed by atoms with van der Waals surface area (Å²) in [5, 5.41) is 3.62. The zero-order chi connectivity index (χ0) is 21.0. The second-order valence-electron chi connectivity index (χ2n) is 7.85. The molecule has 1 aliphatic carbocycles. The topological polar surface area (TPSA) is 81.8 Å². The molecule has 8 heteroatoms. The maximum absolute atomic E-state index is 13.1. The van der Waals surface area contributed by atoms with Crippen LogP contribution in [0.15, 0.2) is 24.3 Å². The highest BCUT2D eigenvalue weighted by molar-refractivity contribution is 6.08. The highest BCUT2D eigenvalue weighted by atomic mass is 19.1. The Bertz CT molecular complexity index is 762. The van der Waals surface area contributed by atoms with Crippen LogP contribution in [0.3, 0.4) is 0 Å². The molecule has 2 N–H and O–H groups in total. The number of urea groups is 1. The minimum absolute atomic E-state index is 0.00984. The molecular formula is C21H29FN4O3. The lowest BCUT2D eigenvalue weighted by atomic mass is 9.82. The monoisotopic (exact) mass is 404 g/mol. The molecule has 4 amide bonds. The van der Waals surface area contributed by atoms with E-state index in [1.54, 1.807) is 12.1 Å². The predicted octanol–water partition coefficient (Wildman–Crippen LogP) is 2.88. The molecule has 2 fully saturated rings. The van der Waals surface area contributed by atoms with Crippen LogP contribution in [0.4, 0.5) is 9.18 Å². The number of halogens is 1. The lowest BCUT2D eigenvalue weighted by Crippen LogP contribution is -2.51. The van der Waals surface area contributed by atoms with Crippen molar-refractivity contribution < 1.29 is 18.8 Å². The fourth-order valence-electron chi connectivity index (χ4n) is 4.22. The third-order valence-corrected chi connectivity index (χ3v) is 6.04. The summed E-state index contributed by atoms with van der Waals surface area (Å²) in [6.07, 6.45) is 4.20. The van der Waals surface area contributed by atoms with Crippen molar-refractivity contribution in [2.45, 2.75) is 64.0 Å². The molecule has 1 spiro atoms. The number of hydrogen-bond donors (Lipinski definition) is 2. The molecule has 29 heavy (non-hydrogen) atoms. The summed E-state index contributed by atoms with van der Waals surface area (Å²) < 4.78 is 13.1. The molecule has 7 nitrogen and oxygen atoms in total. The van der Waals surface area contributed by atoms with Gasteiger partial charge in [-0.05, 0) is 44.0 Å². The van der Waals surface area contributed by atoms with Gasteiger partial charge >= 0.3 is 6.03 Å². The fraction of sp³-hybridized carbons (Fsp3) is 0.571. The first-order valence-corrected chi connectivity index (χ1v) is 10.3. The molecule has 3 rings (SSSR count). The van der Waals surface area contributed by atoms with Crippen molar-refractivity contribution in [3.05, 3.63) is 35.6 Å². The minimum Gasteiger partial charge on any atom is -0.322 e. The lowest BCUT2D eigenvalue weighted by molar-refractivity contribution is -0.140. The molecule has 1 saturated carbocycles. The van der Waals surface area contributed by atoms with Crippen LogP contribution in [-0.2, 0) is 9.59 Å². The summed E-state index contributed by atoms with van der Waals surface area (Å²) in [6, 6.07) is 5.77. The van der Waals surface area contributed by atoms with Crippen molar-refractivity contribution in [1.29, 1.82) is 0 Å². The Morgan fingerprint density at radius 2 is 1.90 bits per heavy atom. The first kappa shape index (κ1) is 21.2. The fourth-order valence-corrected chi connectivity index (χ4v) is 4.22. The van der Waals surface area contributed by atoms with Crippen LogP contribution >= 0.6 is 0 Å². The lowest BCUT2D eigenvalue weighted by Gasteiger charge is -2.30. The van der Waals surface area contributed by atoms with E-state index >= 15 is 0 Å². The number of carbonyl (C=O) groups excluding carboxylic acids is 3. The average Bonchev–Trinajstić information content (AvgIpc) is 2.93. The molecule has 0 radical (unpaired) electrons. The van der Waals surface area contributed by atoms with Gasteiger partial charge in [0, 0.05) is 19.0 Å². The van der Waals surface area contributed by atoms with E-state index < -0.39 is 11.6 Å². The Morgan fingerprint density at radius 1 is 1.24 bits per heavy atom. The third-order valence-electron chi connectivity index (χ3n) is 6.04. The van der Waals surface area contributed by atoms with E-state index in [1.807, 2.05) is 13.8 Å². The summed E-state index contributed by atoms with van der Waals surface area (Å²) >= 11 is 0. The first-order chi connectivity index (χ1) is 13.9. The molecule has 0 aromatic heterocycles. The van der Waals surface area contributed by atoms with Gasteiger partial charge in [-0.3, -0.25) is 19.9 Å². The van der Waals surface area contributed by atoms with Gasteiger partial charge in [-0.25, -0.2) is 9.18 Å². The number of amides is 4. The van der Waals surface area contributed by atoms with Gasteiger partial charge in [-0.1, -0.05) is 38.3 Å². The van der Waals surface area contributed by atoms with E-state index in [0.29, 0.717) is 25.9 Å². The maximum atomic E-state index is 13.1. The van der Waals surface area contributed by atoms with Gasteiger partial charge in [0.05, 0.1) is 0 Å². The van der Waals surface area contributed by atoms with Crippen LogP contribution in [-0.4, -0.2) is 46.4 Å². The van der Waals surface area contributed by atoms with Crippen LogP contribution in [0.5, 0.6) is 0 Å². The summed E-state index contributed by atoms with van der Waals surface area (Å²) in [6.45, 7) is 5.15. The number of rotatable bonds is 7. The van der Waals surface area contributed by atoms with Crippen molar-refractivity contribution in [1.82, 2.24) is 20.7 Å². The van der Waals surface area contributed by atoms with Crippen molar-refractivity contribution in [2.24, 2.45) is 0 Å². The predicted molar refractivity (Wildman–Crippen MR) is 106 cm³/mol. The van der Waals surface area contributed by atoms with E-state index in [4.69, 9.17) is 0 Å². The van der Waals surface area contributed by atoms with Gasteiger partial charge in [-0.15, -0.1) is 0 Å². The SMILES string of the molecule is CCN(CCC(=O)NN1C(=O)NC2(CCCCC2)C1=O)C(C)c1ccc(F)cc1. The number of nitrogens with zero attached hydrogens (tertiary/aromatic N) is 2. The van der Waals surface area contributed by atoms with Crippen LogP contribution < -0.4 is 10.7 Å². The number of benzene rings is 1. The smallest absolute Gasteiger partial charge is 0.322 e. The summed E-state index contributed by atoms with van der Waals surface area (Å²) in [4.78, 5) is 39.5. The molecule has 1 aromatic rings. The third kappa shape index (κ3) is 4.58. The maximum Gasteiger partial charge on any atom is 0.344 e. The van der Waals surface area contributed by atoms with Crippen LogP contribution in [0.1, 0.15) is 64.0 Å². The van der Waals surface area contributed by atoms with E-state index in [0.717, 1.165) is 29.8 Å². The molecule has 1 saturated heterocycles. The molecule has 1 aromatic carbocycles. The Labute approximate surface area is 170 Å². The highest BCUT2D eigenvalue weighted by Gasteiger charge is 2.52.